The third kappa shape index (κ3) is 22.0. The molecule has 2 N–H and O–H groups in total. The Morgan fingerprint density at radius 2 is 0.833 bits per heavy atom. The molecule has 0 aliphatic rings. The van der Waals surface area contributed by atoms with Crippen LogP contribution in [0.25, 0.3) is 24.3 Å². The first-order valence-electron chi connectivity index (χ1n) is 15.9. The molecule has 2 heterocycles. The topological polar surface area (TPSA) is 199 Å². The van der Waals surface area contributed by atoms with Crippen LogP contribution < -0.4 is 19.8 Å². The number of aromatic nitrogens is 2. The Bertz CT molecular complexity index is 1880. The SMILES string of the molecule is COS(=O)(=O)[O-].COS(=O)(=O)[O-].C[n+]1ccc(/C=C/c2ccc(NC(=O)CCSSCCC(=O)Nc3ccc(/C=C/c4cc[n+](C)cc4)cc3)cc2)cc1. The zero-order chi connectivity index (χ0) is 40.0. The van der Waals surface area contributed by atoms with E-state index < -0.39 is 20.8 Å². The summed E-state index contributed by atoms with van der Waals surface area (Å²) >= 11 is 0. The van der Waals surface area contributed by atoms with E-state index in [2.05, 4.69) is 67.6 Å². The second kappa shape index (κ2) is 24.1. The van der Waals surface area contributed by atoms with Gasteiger partial charge in [-0.25, -0.2) is 26.0 Å². The zero-order valence-electron chi connectivity index (χ0n) is 30.0. The molecular weight excluding hydrogens is 777 g/mol. The molecule has 0 aliphatic carbocycles. The van der Waals surface area contributed by atoms with Gasteiger partial charge in [0.05, 0.1) is 14.2 Å². The molecule has 54 heavy (non-hydrogen) atoms. The van der Waals surface area contributed by atoms with Crippen LogP contribution in [0.2, 0.25) is 0 Å². The molecule has 0 aliphatic heterocycles. The number of aryl methyl sites for hydroxylation is 2. The highest BCUT2D eigenvalue weighted by Gasteiger charge is 2.05. The van der Waals surface area contributed by atoms with Crippen molar-refractivity contribution in [1.82, 2.24) is 0 Å². The summed E-state index contributed by atoms with van der Waals surface area (Å²) in [5.74, 6) is 1.34. The summed E-state index contributed by atoms with van der Waals surface area (Å²) in [6.07, 6.45) is 17.1. The minimum absolute atomic E-state index is 0.0162. The molecule has 2 amide bonds. The number of pyridine rings is 2. The maximum Gasteiger partial charge on any atom is 0.225 e. The number of nitrogens with one attached hydrogen (secondary N) is 2. The quantitative estimate of drug-likeness (QED) is 0.0557. The third-order valence-electron chi connectivity index (χ3n) is 6.65. The van der Waals surface area contributed by atoms with Crippen molar-refractivity contribution in [1.29, 1.82) is 0 Å². The molecule has 0 spiro atoms. The average Bonchev–Trinajstić information content (AvgIpc) is 3.13. The Hall–Kier alpha value is -4.40. The lowest BCUT2D eigenvalue weighted by molar-refractivity contribution is -0.671. The Balaban J connectivity index is 0.000000726. The van der Waals surface area contributed by atoms with Crippen LogP contribution in [0.15, 0.2) is 97.6 Å². The fraction of sp³-hybridized carbons (Fsp3) is 0.222. The van der Waals surface area contributed by atoms with Crippen LogP contribution in [0.1, 0.15) is 35.1 Å². The van der Waals surface area contributed by atoms with Crippen LogP contribution in [0.4, 0.5) is 11.4 Å². The molecule has 0 radical (unpaired) electrons. The van der Waals surface area contributed by atoms with Gasteiger partial charge in [0.2, 0.25) is 32.6 Å². The summed E-state index contributed by atoms with van der Waals surface area (Å²) in [6, 6.07) is 23.8. The van der Waals surface area contributed by atoms with Gasteiger partial charge in [-0.3, -0.25) is 18.0 Å². The minimum atomic E-state index is -4.41. The van der Waals surface area contributed by atoms with Gasteiger partial charge in [0.1, 0.15) is 14.1 Å². The number of nitrogens with zero attached hydrogens (tertiary/aromatic N) is 2. The second-order valence-corrected chi connectivity index (χ2v) is 15.9. The highest BCUT2D eigenvalue weighted by molar-refractivity contribution is 8.76. The van der Waals surface area contributed by atoms with Gasteiger partial charge < -0.3 is 19.7 Å². The zero-order valence-corrected chi connectivity index (χ0v) is 33.3. The molecule has 0 saturated carbocycles. The van der Waals surface area contributed by atoms with Gasteiger partial charge in [-0.1, -0.05) is 70.2 Å². The molecule has 0 saturated heterocycles. The number of carbonyl (C=O) groups is 2. The lowest BCUT2D eigenvalue weighted by Gasteiger charge is -2.06. The van der Waals surface area contributed by atoms with Crippen LogP contribution in [-0.4, -0.2) is 63.5 Å². The van der Waals surface area contributed by atoms with E-state index in [4.69, 9.17) is 0 Å². The second-order valence-electron chi connectivity index (χ2n) is 10.9. The van der Waals surface area contributed by atoms with Crippen LogP contribution in [0.5, 0.6) is 0 Å². The van der Waals surface area contributed by atoms with Gasteiger partial charge in [-0.2, -0.15) is 0 Å². The number of benzene rings is 2. The minimum Gasteiger partial charge on any atom is -0.726 e. The van der Waals surface area contributed by atoms with E-state index in [1.54, 1.807) is 21.6 Å². The van der Waals surface area contributed by atoms with E-state index >= 15 is 0 Å². The van der Waals surface area contributed by atoms with E-state index in [0.717, 1.165) is 47.8 Å². The molecule has 4 aromatic rings. The van der Waals surface area contributed by atoms with Crippen LogP contribution in [0.3, 0.4) is 0 Å². The fourth-order valence-electron chi connectivity index (χ4n) is 3.82. The van der Waals surface area contributed by atoms with E-state index in [1.807, 2.05) is 96.5 Å². The largest absolute Gasteiger partial charge is 0.726 e. The van der Waals surface area contributed by atoms with E-state index in [-0.39, 0.29) is 11.8 Å². The average molecular weight is 819 g/mol. The van der Waals surface area contributed by atoms with Gasteiger partial charge in [0.25, 0.3) is 0 Å². The van der Waals surface area contributed by atoms with Crippen molar-refractivity contribution in [3.8, 4) is 0 Å². The highest BCUT2D eigenvalue weighted by atomic mass is 33.1. The number of amides is 2. The molecule has 18 heteroatoms. The first kappa shape index (κ1) is 45.8. The first-order valence-corrected chi connectivity index (χ1v) is 21.0. The van der Waals surface area contributed by atoms with E-state index in [0.29, 0.717) is 24.3 Å². The van der Waals surface area contributed by atoms with Crippen molar-refractivity contribution >= 4 is 89.9 Å². The van der Waals surface area contributed by atoms with Gasteiger partial charge in [-0.15, -0.1) is 0 Å². The Kier molecular flexibility index (Phi) is 20.4. The summed E-state index contributed by atoms with van der Waals surface area (Å²) in [5.41, 5.74) is 5.97. The Morgan fingerprint density at radius 3 is 1.09 bits per heavy atom. The third-order valence-corrected chi connectivity index (χ3v) is 9.88. The molecule has 2 aromatic heterocycles. The summed E-state index contributed by atoms with van der Waals surface area (Å²) in [5, 5.41) is 5.90. The van der Waals surface area contributed by atoms with Gasteiger partial charge >= 0.3 is 0 Å². The predicted octanol–water partition coefficient (Wildman–Crippen LogP) is 4.60. The van der Waals surface area contributed by atoms with Gasteiger partial charge in [0.15, 0.2) is 24.8 Å². The lowest BCUT2D eigenvalue weighted by Crippen LogP contribution is -2.25. The monoisotopic (exact) mass is 818 g/mol. The van der Waals surface area contributed by atoms with Crippen LogP contribution >= 0.6 is 21.6 Å². The number of hydrogen-bond acceptors (Lipinski definition) is 12. The van der Waals surface area contributed by atoms with E-state index in [9.17, 15) is 35.5 Å². The number of rotatable bonds is 15. The summed E-state index contributed by atoms with van der Waals surface area (Å²) < 4.78 is 66.0. The van der Waals surface area contributed by atoms with Gasteiger partial charge in [0, 0.05) is 60.0 Å². The number of hydrogen-bond donors (Lipinski definition) is 2. The molecule has 0 atom stereocenters. The van der Waals surface area contributed by atoms with Crippen LogP contribution in [0, 0.1) is 0 Å². The Morgan fingerprint density at radius 1 is 0.574 bits per heavy atom. The maximum absolute atomic E-state index is 12.3. The molecule has 0 unspecified atom stereocenters. The molecule has 4 rings (SSSR count). The fourth-order valence-corrected chi connectivity index (χ4v) is 5.80. The lowest BCUT2D eigenvalue weighted by atomic mass is 10.1. The summed E-state index contributed by atoms with van der Waals surface area (Å²) in [6.45, 7) is 0. The van der Waals surface area contributed by atoms with Crippen molar-refractivity contribution in [3.63, 3.8) is 0 Å². The normalized spacial score (nSPS) is 11.3. The highest BCUT2D eigenvalue weighted by Crippen LogP contribution is 2.23. The predicted molar refractivity (Wildman–Crippen MR) is 211 cm³/mol. The molecule has 290 valence electrons. The Labute approximate surface area is 324 Å². The number of anilines is 2. The summed E-state index contributed by atoms with van der Waals surface area (Å²) in [7, 11) is -0.000289. The van der Waals surface area contributed by atoms with Crippen molar-refractivity contribution in [3.05, 3.63) is 120 Å². The molecule has 2 aromatic carbocycles. The maximum atomic E-state index is 12.3. The standard InChI is InChI=1S/C34H34N4O2S2.2CH4O4S/c1-37-21-15-29(16-22-37)5-3-27-7-11-31(12-8-27)35-33(39)19-25-41-42-26-20-34(40)36-32-13-9-28(10-14-32)4-6-30-17-23-38(2)24-18-30;2*1-5-6(2,3)4/h3-18,21-24H,19-20,25-26H2,1-2H3;2*1H3,(H,2,3,4). The molecular formula is C36H42N4O10S4. The van der Waals surface area contributed by atoms with Crippen molar-refractivity contribution in [2.45, 2.75) is 12.8 Å². The van der Waals surface area contributed by atoms with Crippen molar-refractivity contribution < 1.29 is 53.0 Å². The molecule has 0 bridgehead atoms. The summed E-state index contributed by atoms with van der Waals surface area (Å²) in [4.78, 5) is 24.6. The van der Waals surface area contributed by atoms with Crippen molar-refractivity contribution in [2.75, 3.05) is 36.4 Å². The smallest absolute Gasteiger partial charge is 0.225 e. The first-order chi connectivity index (χ1) is 25.5. The van der Waals surface area contributed by atoms with Crippen molar-refractivity contribution in [2.24, 2.45) is 14.1 Å². The van der Waals surface area contributed by atoms with E-state index in [1.165, 1.54) is 0 Å². The number of carbonyl (C=O) groups excluding carboxylic acids is 2. The van der Waals surface area contributed by atoms with Crippen LogP contribution in [-0.2, 0) is 52.8 Å². The molecule has 14 nitrogen and oxygen atoms in total. The molecule has 0 fully saturated rings. The van der Waals surface area contributed by atoms with Gasteiger partial charge in [-0.05, 0) is 46.5 Å².